The Morgan fingerprint density at radius 2 is 1.77 bits per heavy atom. The number of carbonyl (C=O) groups excluding carboxylic acids is 1. The molecule has 0 radical (unpaired) electrons. The summed E-state index contributed by atoms with van der Waals surface area (Å²) < 4.78 is 11.0. The number of benzene rings is 2. The van der Waals surface area contributed by atoms with Crippen molar-refractivity contribution in [3.8, 4) is 5.75 Å². The molecule has 0 aliphatic carbocycles. The molecule has 0 saturated carbocycles. The zero-order valence-electron chi connectivity index (χ0n) is 18.2. The molecule has 1 amide bonds. The van der Waals surface area contributed by atoms with Crippen molar-refractivity contribution in [3.05, 3.63) is 82.2 Å². The number of ether oxygens (including phenoxy) is 1. The Balaban J connectivity index is 1.32. The number of carbonyl (C=O) groups is 1. The molecule has 31 heavy (non-hydrogen) atoms. The monoisotopic (exact) mass is 419 g/mol. The van der Waals surface area contributed by atoms with Gasteiger partial charge in [-0.1, -0.05) is 29.4 Å². The number of hydrogen-bond acceptors (Lipinski definition) is 5. The number of aromatic nitrogens is 1. The summed E-state index contributed by atoms with van der Waals surface area (Å²) in [5, 5.41) is 6.99. The van der Waals surface area contributed by atoms with Crippen LogP contribution in [-0.2, 0) is 19.7 Å². The van der Waals surface area contributed by atoms with Crippen LogP contribution in [-0.4, -0.2) is 29.1 Å². The highest BCUT2D eigenvalue weighted by atomic mass is 16.5. The largest absolute Gasteiger partial charge is 0.489 e. The van der Waals surface area contributed by atoms with Crippen molar-refractivity contribution in [2.45, 2.75) is 46.4 Å². The van der Waals surface area contributed by atoms with Gasteiger partial charge in [0.1, 0.15) is 18.1 Å². The van der Waals surface area contributed by atoms with Gasteiger partial charge in [0.15, 0.2) is 0 Å². The maximum absolute atomic E-state index is 12.6. The van der Waals surface area contributed by atoms with Gasteiger partial charge >= 0.3 is 0 Å². The second-order valence-electron chi connectivity index (χ2n) is 8.05. The van der Waals surface area contributed by atoms with Gasteiger partial charge < -0.3 is 14.6 Å². The summed E-state index contributed by atoms with van der Waals surface area (Å²) in [6, 6.07) is 15.5. The van der Waals surface area contributed by atoms with Crippen molar-refractivity contribution in [3.63, 3.8) is 0 Å². The molecule has 0 unspecified atom stereocenters. The molecule has 0 spiro atoms. The molecule has 6 heteroatoms. The standard InChI is InChI=1S/C25H29N3O3/c1-18-24(19(2)31-27-18)17-30-23-11-9-20(10-12-23)25(29)26-15-21-7-3-4-8-22(21)16-28-13-5-6-14-28/h3-4,7-12H,5-6,13-17H2,1-2H3,(H,26,29). The molecule has 0 atom stereocenters. The normalized spacial score (nSPS) is 14.0. The minimum Gasteiger partial charge on any atom is -0.489 e. The third kappa shape index (κ3) is 5.33. The first-order chi connectivity index (χ1) is 15.1. The lowest BCUT2D eigenvalue weighted by Gasteiger charge is -2.17. The fourth-order valence-electron chi connectivity index (χ4n) is 3.91. The first-order valence-corrected chi connectivity index (χ1v) is 10.8. The number of amides is 1. The van der Waals surface area contributed by atoms with Crippen LogP contribution in [0.25, 0.3) is 0 Å². The van der Waals surface area contributed by atoms with Crippen LogP contribution < -0.4 is 10.1 Å². The van der Waals surface area contributed by atoms with Crippen LogP contribution in [0.15, 0.2) is 53.1 Å². The number of rotatable bonds is 8. The quantitative estimate of drug-likeness (QED) is 0.586. The highest BCUT2D eigenvalue weighted by Crippen LogP contribution is 2.19. The van der Waals surface area contributed by atoms with Crippen LogP contribution in [0.2, 0.25) is 0 Å². The van der Waals surface area contributed by atoms with Crippen LogP contribution in [0.1, 0.15) is 51.3 Å². The molecule has 0 bridgehead atoms. The molecule has 4 rings (SSSR count). The molecule has 2 heterocycles. The Morgan fingerprint density at radius 1 is 1.06 bits per heavy atom. The number of likely N-dealkylation sites (tertiary alicyclic amines) is 1. The Labute approximate surface area is 183 Å². The molecular formula is C25H29N3O3. The van der Waals surface area contributed by atoms with Crippen molar-refractivity contribution in [2.24, 2.45) is 0 Å². The second-order valence-corrected chi connectivity index (χ2v) is 8.05. The predicted molar refractivity (Wildman–Crippen MR) is 119 cm³/mol. The van der Waals surface area contributed by atoms with Crippen LogP contribution in [0, 0.1) is 13.8 Å². The van der Waals surface area contributed by atoms with E-state index in [1.54, 1.807) is 12.1 Å². The van der Waals surface area contributed by atoms with E-state index in [9.17, 15) is 4.79 Å². The van der Waals surface area contributed by atoms with E-state index in [1.807, 2.05) is 32.0 Å². The first kappa shape index (κ1) is 21.1. The Bertz CT molecular complexity index is 1000. The minimum atomic E-state index is -0.0896. The highest BCUT2D eigenvalue weighted by molar-refractivity contribution is 5.94. The van der Waals surface area contributed by atoms with Gasteiger partial charge in [-0.3, -0.25) is 9.69 Å². The summed E-state index contributed by atoms with van der Waals surface area (Å²) in [5.74, 6) is 1.37. The van der Waals surface area contributed by atoms with Crippen molar-refractivity contribution in [2.75, 3.05) is 13.1 Å². The van der Waals surface area contributed by atoms with Gasteiger partial charge in [0, 0.05) is 18.7 Å². The molecule has 1 aliphatic rings. The zero-order valence-corrected chi connectivity index (χ0v) is 18.2. The SMILES string of the molecule is Cc1noc(C)c1COc1ccc(C(=O)NCc2ccccc2CN2CCCC2)cc1. The lowest BCUT2D eigenvalue weighted by Crippen LogP contribution is -2.25. The maximum Gasteiger partial charge on any atom is 0.251 e. The lowest BCUT2D eigenvalue weighted by atomic mass is 10.1. The van der Waals surface area contributed by atoms with E-state index < -0.39 is 0 Å². The van der Waals surface area contributed by atoms with E-state index in [1.165, 1.54) is 24.0 Å². The maximum atomic E-state index is 12.6. The third-order valence-electron chi connectivity index (χ3n) is 5.83. The van der Waals surface area contributed by atoms with Gasteiger partial charge in [-0.05, 0) is 75.2 Å². The van der Waals surface area contributed by atoms with Crippen molar-refractivity contribution >= 4 is 5.91 Å². The van der Waals surface area contributed by atoms with E-state index in [-0.39, 0.29) is 5.91 Å². The molecule has 162 valence electrons. The Hall–Kier alpha value is -3.12. The lowest BCUT2D eigenvalue weighted by molar-refractivity contribution is 0.0950. The summed E-state index contributed by atoms with van der Waals surface area (Å²) >= 11 is 0. The van der Waals surface area contributed by atoms with Crippen LogP contribution in [0.5, 0.6) is 5.75 Å². The van der Waals surface area contributed by atoms with E-state index in [0.29, 0.717) is 24.5 Å². The number of nitrogens with one attached hydrogen (secondary N) is 1. The summed E-state index contributed by atoms with van der Waals surface area (Å²) in [4.78, 5) is 15.1. The third-order valence-corrected chi connectivity index (χ3v) is 5.83. The fraction of sp³-hybridized carbons (Fsp3) is 0.360. The minimum absolute atomic E-state index is 0.0896. The summed E-state index contributed by atoms with van der Waals surface area (Å²) in [5.41, 5.74) is 4.85. The summed E-state index contributed by atoms with van der Waals surface area (Å²) in [6.07, 6.45) is 2.55. The predicted octanol–water partition coefficient (Wildman–Crippen LogP) is 4.40. The molecule has 1 fully saturated rings. The Kier molecular flexibility index (Phi) is 6.67. The molecule has 1 N–H and O–H groups in total. The topological polar surface area (TPSA) is 67.6 Å². The number of hydrogen-bond donors (Lipinski definition) is 1. The fourth-order valence-corrected chi connectivity index (χ4v) is 3.91. The van der Waals surface area contributed by atoms with Gasteiger partial charge in [0.05, 0.1) is 11.3 Å². The van der Waals surface area contributed by atoms with Gasteiger partial charge in [-0.15, -0.1) is 0 Å². The van der Waals surface area contributed by atoms with E-state index in [4.69, 9.17) is 9.26 Å². The van der Waals surface area contributed by atoms with Crippen molar-refractivity contribution in [1.29, 1.82) is 0 Å². The molecule has 3 aromatic rings. The van der Waals surface area contributed by atoms with Gasteiger partial charge in [-0.2, -0.15) is 0 Å². The van der Waals surface area contributed by atoms with E-state index >= 15 is 0 Å². The van der Waals surface area contributed by atoms with Crippen LogP contribution in [0.4, 0.5) is 0 Å². The molecule has 1 aromatic heterocycles. The summed E-state index contributed by atoms with van der Waals surface area (Å²) in [7, 11) is 0. The van der Waals surface area contributed by atoms with Crippen molar-refractivity contribution in [1.82, 2.24) is 15.4 Å². The Morgan fingerprint density at radius 3 is 2.45 bits per heavy atom. The molecule has 1 saturated heterocycles. The number of aryl methyl sites for hydroxylation is 2. The molecule has 6 nitrogen and oxygen atoms in total. The second kappa shape index (κ2) is 9.79. The van der Waals surface area contributed by atoms with Crippen LogP contribution >= 0.6 is 0 Å². The molecular weight excluding hydrogens is 390 g/mol. The smallest absolute Gasteiger partial charge is 0.251 e. The van der Waals surface area contributed by atoms with Gasteiger partial charge in [0.2, 0.25) is 0 Å². The zero-order chi connectivity index (χ0) is 21.6. The average molecular weight is 420 g/mol. The first-order valence-electron chi connectivity index (χ1n) is 10.8. The van der Waals surface area contributed by atoms with E-state index in [2.05, 4.69) is 33.6 Å². The van der Waals surface area contributed by atoms with Crippen LogP contribution in [0.3, 0.4) is 0 Å². The van der Waals surface area contributed by atoms with Crippen molar-refractivity contribution < 1.29 is 14.1 Å². The average Bonchev–Trinajstić information content (AvgIpc) is 3.41. The molecule has 1 aliphatic heterocycles. The van der Waals surface area contributed by atoms with Gasteiger partial charge in [0.25, 0.3) is 5.91 Å². The molecule has 2 aromatic carbocycles. The van der Waals surface area contributed by atoms with E-state index in [0.717, 1.165) is 36.7 Å². The summed E-state index contributed by atoms with van der Waals surface area (Å²) in [6.45, 7) is 7.94. The highest BCUT2D eigenvalue weighted by Gasteiger charge is 2.14. The van der Waals surface area contributed by atoms with Gasteiger partial charge in [-0.25, -0.2) is 0 Å². The number of nitrogens with zero attached hydrogens (tertiary/aromatic N) is 2.